The molecule has 20 heavy (non-hydrogen) atoms. The highest BCUT2D eigenvalue weighted by molar-refractivity contribution is 7.89. The summed E-state index contributed by atoms with van der Waals surface area (Å²) in [6.45, 7) is 2.69. The number of carboxylic acids is 1. The molecule has 2 N–H and O–H groups in total. The van der Waals surface area contributed by atoms with Gasteiger partial charge in [0.1, 0.15) is 17.1 Å². The van der Waals surface area contributed by atoms with Crippen LogP contribution >= 0.6 is 0 Å². The van der Waals surface area contributed by atoms with E-state index >= 15 is 0 Å². The van der Waals surface area contributed by atoms with E-state index in [0.717, 1.165) is 4.31 Å². The van der Waals surface area contributed by atoms with E-state index in [1.165, 1.54) is 6.20 Å². The van der Waals surface area contributed by atoms with Crippen LogP contribution in [0, 0.1) is 0 Å². The van der Waals surface area contributed by atoms with Gasteiger partial charge in [-0.3, -0.25) is 4.79 Å². The molecule has 0 spiro atoms. The SMILES string of the molecule is CC(C)N(CC(=O)O)S(=O)(=O)c1c[nH]c2ncccc12. The van der Waals surface area contributed by atoms with E-state index in [0.29, 0.717) is 11.0 Å². The highest BCUT2D eigenvalue weighted by Gasteiger charge is 2.31. The number of sulfonamides is 1. The number of carbonyl (C=O) groups is 1. The van der Waals surface area contributed by atoms with Gasteiger partial charge in [-0.15, -0.1) is 0 Å². The van der Waals surface area contributed by atoms with E-state index in [-0.39, 0.29) is 4.90 Å². The summed E-state index contributed by atoms with van der Waals surface area (Å²) in [6.07, 6.45) is 2.89. The van der Waals surface area contributed by atoms with Gasteiger partial charge in [0, 0.05) is 23.8 Å². The maximum atomic E-state index is 12.6. The van der Waals surface area contributed by atoms with Crippen LogP contribution in [0.25, 0.3) is 11.0 Å². The van der Waals surface area contributed by atoms with Crippen molar-refractivity contribution in [3.8, 4) is 0 Å². The first kappa shape index (κ1) is 14.5. The average molecular weight is 297 g/mol. The number of hydrogen-bond acceptors (Lipinski definition) is 4. The number of aromatic nitrogens is 2. The van der Waals surface area contributed by atoms with Gasteiger partial charge in [0.2, 0.25) is 10.0 Å². The zero-order valence-electron chi connectivity index (χ0n) is 11.1. The Bertz CT molecular complexity index is 736. The first-order valence-corrected chi connectivity index (χ1v) is 7.44. The van der Waals surface area contributed by atoms with Crippen LogP contribution in [0.4, 0.5) is 0 Å². The topological polar surface area (TPSA) is 103 Å². The zero-order valence-corrected chi connectivity index (χ0v) is 11.9. The summed E-state index contributed by atoms with van der Waals surface area (Å²) in [5.41, 5.74) is 0.449. The molecular weight excluding hydrogens is 282 g/mol. The number of carboxylic acid groups (broad SMARTS) is 1. The minimum absolute atomic E-state index is 0.0375. The van der Waals surface area contributed by atoms with Crippen LogP contribution in [0.5, 0.6) is 0 Å². The van der Waals surface area contributed by atoms with E-state index in [1.54, 1.807) is 32.2 Å². The summed E-state index contributed by atoms with van der Waals surface area (Å²) in [5.74, 6) is -1.19. The van der Waals surface area contributed by atoms with Gasteiger partial charge in [-0.25, -0.2) is 13.4 Å². The van der Waals surface area contributed by atoms with Crippen LogP contribution in [0.15, 0.2) is 29.4 Å². The lowest BCUT2D eigenvalue weighted by Gasteiger charge is -2.23. The molecule has 8 heteroatoms. The fourth-order valence-electron chi connectivity index (χ4n) is 1.95. The standard InChI is InChI=1S/C12H15N3O4S/c1-8(2)15(7-11(16)17)20(18,19)10-6-14-12-9(10)4-3-5-13-12/h3-6,8H,7H2,1-2H3,(H,13,14)(H,16,17). The molecule has 2 heterocycles. The van der Waals surface area contributed by atoms with Crippen LogP contribution in [0.2, 0.25) is 0 Å². The Morgan fingerprint density at radius 2 is 2.20 bits per heavy atom. The van der Waals surface area contributed by atoms with Crippen molar-refractivity contribution in [2.24, 2.45) is 0 Å². The number of aromatic amines is 1. The molecule has 0 atom stereocenters. The second-order valence-corrected chi connectivity index (χ2v) is 6.45. The Hall–Kier alpha value is -1.93. The minimum Gasteiger partial charge on any atom is -0.480 e. The quantitative estimate of drug-likeness (QED) is 0.858. The minimum atomic E-state index is -3.90. The Morgan fingerprint density at radius 1 is 1.50 bits per heavy atom. The number of pyridine rings is 1. The molecule has 0 saturated heterocycles. The van der Waals surface area contributed by atoms with Gasteiger partial charge >= 0.3 is 5.97 Å². The summed E-state index contributed by atoms with van der Waals surface area (Å²) in [4.78, 5) is 17.7. The van der Waals surface area contributed by atoms with E-state index in [1.807, 2.05) is 0 Å². The Morgan fingerprint density at radius 3 is 2.80 bits per heavy atom. The molecule has 7 nitrogen and oxygen atoms in total. The van der Waals surface area contributed by atoms with Crippen molar-refractivity contribution in [1.82, 2.24) is 14.3 Å². The Balaban J connectivity index is 2.55. The first-order valence-electron chi connectivity index (χ1n) is 5.99. The van der Waals surface area contributed by atoms with E-state index in [9.17, 15) is 13.2 Å². The van der Waals surface area contributed by atoms with Crippen LogP contribution in [-0.2, 0) is 14.8 Å². The van der Waals surface area contributed by atoms with Crippen molar-refractivity contribution in [2.45, 2.75) is 24.8 Å². The fraction of sp³-hybridized carbons (Fsp3) is 0.333. The van der Waals surface area contributed by atoms with Crippen LogP contribution in [0.1, 0.15) is 13.8 Å². The third-order valence-corrected chi connectivity index (χ3v) is 4.93. The lowest BCUT2D eigenvalue weighted by molar-refractivity contribution is -0.137. The van der Waals surface area contributed by atoms with Crippen LogP contribution in [-0.4, -0.2) is 46.4 Å². The van der Waals surface area contributed by atoms with Crippen molar-refractivity contribution in [1.29, 1.82) is 0 Å². The number of hydrogen-bond donors (Lipinski definition) is 2. The van der Waals surface area contributed by atoms with Crippen molar-refractivity contribution in [3.05, 3.63) is 24.5 Å². The molecule has 0 aromatic carbocycles. The first-order chi connectivity index (χ1) is 9.34. The van der Waals surface area contributed by atoms with Gasteiger partial charge in [-0.1, -0.05) is 0 Å². The predicted octanol–water partition coefficient (Wildman–Crippen LogP) is 1.05. The van der Waals surface area contributed by atoms with Crippen LogP contribution in [0.3, 0.4) is 0 Å². The number of aliphatic carboxylic acids is 1. The summed E-state index contributed by atoms with van der Waals surface area (Å²) in [7, 11) is -3.90. The Kier molecular flexibility index (Phi) is 3.78. The second-order valence-electron chi connectivity index (χ2n) is 4.59. The third kappa shape index (κ3) is 2.52. The van der Waals surface area contributed by atoms with E-state index in [4.69, 9.17) is 5.11 Å². The summed E-state index contributed by atoms with van der Waals surface area (Å²) >= 11 is 0. The molecule has 0 amide bonds. The van der Waals surface area contributed by atoms with Crippen molar-refractivity contribution < 1.29 is 18.3 Å². The number of H-pyrrole nitrogens is 1. The highest BCUT2D eigenvalue weighted by atomic mass is 32.2. The van der Waals surface area contributed by atoms with Gasteiger partial charge in [0.15, 0.2) is 0 Å². The lowest BCUT2D eigenvalue weighted by Crippen LogP contribution is -2.40. The monoisotopic (exact) mass is 297 g/mol. The predicted molar refractivity (Wildman–Crippen MR) is 72.8 cm³/mol. The molecular formula is C12H15N3O4S. The normalized spacial score (nSPS) is 12.4. The summed E-state index contributed by atoms with van der Waals surface area (Å²) in [5, 5.41) is 9.33. The maximum absolute atomic E-state index is 12.6. The summed E-state index contributed by atoms with van der Waals surface area (Å²) in [6, 6.07) is 2.80. The van der Waals surface area contributed by atoms with E-state index in [2.05, 4.69) is 9.97 Å². The molecule has 2 rings (SSSR count). The molecule has 2 aromatic rings. The second kappa shape index (κ2) is 5.22. The van der Waals surface area contributed by atoms with Crippen molar-refractivity contribution in [2.75, 3.05) is 6.54 Å². The molecule has 0 aliphatic heterocycles. The Labute approximate surface area is 116 Å². The average Bonchev–Trinajstić information content (AvgIpc) is 2.79. The maximum Gasteiger partial charge on any atom is 0.318 e. The fourth-order valence-corrected chi connectivity index (χ4v) is 3.69. The molecule has 0 aliphatic rings. The van der Waals surface area contributed by atoms with Gasteiger partial charge in [-0.2, -0.15) is 4.31 Å². The van der Waals surface area contributed by atoms with Gasteiger partial charge < -0.3 is 10.1 Å². The highest BCUT2D eigenvalue weighted by Crippen LogP contribution is 2.25. The largest absolute Gasteiger partial charge is 0.480 e. The number of rotatable bonds is 5. The summed E-state index contributed by atoms with van der Waals surface area (Å²) < 4.78 is 26.1. The smallest absolute Gasteiger partial charge is 0.318 e. The number of fused-ring (bicyclic) bond motifs is 1. The van der Waals surface area contributed by atoms with E-state index < -0.39 is 28.6 Å². The molecule has 108 valence electrons. The molecule has 0 bridgehead atoms. The molecule has 0 unspecified atom stereocenters. The number of nitrogens with zero attached hydrogens (tertiary/aromatic N) is 2. The molecule has 2 aromatic heterocycles. The third-order valence-electron chi connectivity index (χ3n) is 2.87. The zero-order chi connectivity index (χ0) is 14.9. The van der Waals surface area contributed by atoms with Gasteiger partial charge in [0.25, 0.3) is 0 Å². The lowest BCUT2D eigenvalue weighted by atomic mass is 10.3. The molecule has 0 radical (unpaired) electrons. The van der Waals surface area contributed by atoms with Crippen molar-refractivity contribution >= 4 is 27.0 Å². The molecule has 0 fully saturated rings. The number of nitrogens with one attached hydrogen (secondary N) is 1. The van der Waals surface area contributed by atoms with Gasteiger partial charge in [-0.05, 0) is 26.0 Å². The molecule has 0 aliphatic carbocycles. The van der Waals surface area contributed by atoms with Crippen LogP contribution < -0.4 is 0 Å². The van der Waals surface area contributed by atoms with Gasteiger partial charge in [0.05, 0.1) is 0 Å². The molecule has 0 saturated carbocycles. The van der Waals surface area contributed by atoms with Crippen molar-refractivity contribution in [3.63, 3.8) is 0 Å².